The zero-order valence-corrected chi connectivity index (χ0v) is 36.0. The quantitative estimate of drug-likeness (QED) is 0.164. The van der Waals surface area contributed by atoms with E-state index >= 15 is 0 Å². The van der Waals surface area contributed by atoms with Crippen molar-refractivity contribution in [3.63, 3.8) is 0 Å². The van der Waals surface area contributed by atoms with E-state index in [1.165, 1.54) is 105 Å². The van der Waals surface area contributed by atoms with Crippen LogP contribution in [0.2, 0.25) is 0 Å². The highest BCUT2D eigenvalue weighted by Crippen LogP contribution is 2.64. The number of anilines is 6. The summed E-state index contributed by atoms with van der Waals surface area (Å²) in [4.78, 5) is 5.04. The van der Waals surface area contributed by atoms with E-state index in [9.17, 15) is 0 Å². The van der Waals surface area contributed by atoms with E-state index in [2.05, 4.69) is 252 Å². The van der Waals surface area contributed by atoms with Crippen LogP contribution in [-0.4, -0.2) is 8.07 Å². The molecule has 0 saturated carbocycles. The lowest BCUT2D eigenvalue weighted by Crippen LogP contribution is -2.70. The van der Waals surface area contributed by atoms with Crippen molar-refractivity contribution in [2.45, 2.75) is 5.41 Å². The zero-order valence-electron chi connectivity index (χ0n) is 35.0. The van der Waals surface area contributed by atoms with Gasteiger partial charge in [0.1, 0.15) is 0 Å². The van der Waals surface area contributed by atoms with Gasteiger partial charge in [0.25, 0.3) is 0 Å². The standard InChI is InChI=1S/C61H40N2Si/c1-3-19-41(20-4-1)42-35-38-56-52(39-42)61(49-26-10-13-29-53(49)62(43-21-5-2-6-22-43)54-30-14-11-27-50(54)61)51-28-12-15-31-55(51)63(56)44-36-37-48-47-25-9-18-34-59(47)64(60(48)40-44)57-32-16-7-23-45(57)46-24-8-17-33-58(46)64/h1-40H. The Morgan fingerprint density at radius 1 is 0.266 bits per heavy atom. The third-order valence-corrected chi connectivity index (χ3v) is 19.6. The predicted molar refractivity (Wildman–Crippen MR) is 268 cm³/mol. The van der Waals surface area contributed by atoms with Crippen LogP contribution in [0, 0.1) is 0 Å². The van der Waals surface area contributed by atoms with Crippen LogP contribution in [0.15, 0.2) is 243 Å². The molecular weight excluding hydrogens is 789 g/mol. The Balaban J connectivity index is 1.08. The van der Waals surface area contributed by atoms with Crippen molar-refractivity contribution in [1.82, 2.24) is 0 Å². The lowest BCUT2D eigenvalue weighted by molar-refractivity contribution is 0.719. The van der Waals surface area contributed by atoms with Crippen LogP contribution >= 0.6 is 0 Å². The first-order valence-corrected chi connectivity index (χ1v) is 24.4. The molecule has 0 amide bonds. The van der Waals surface area contributed by atoms with E-state index in [0.29, 0.717) is 0 Å². The van der Waals surface area contributed by atoms with Gasteiger partial charge in [0.2, 0.25) is 0 Å². The molecule has 10 aromatic rings. The topological polar surface area (TPSA) is 6.48 Å². The monoisotopic (exact) mass is 828 g/mol. The van der Waals surface area contributed by atoms with E-state index < -0.39 is 13.5 Å². The van der Waals surface area contributed by atoms with Crippen LogP contribution in [0.1, 0.15) is 22.3 Å². The summed E-state index contributed by atoms with van der Waals surface area (Å²) in [6.07, 6.45) is 0. The molecule has 10 aromatic carbocycles. The van der Waals surface area contributed by atoms with Crippen LogP contribution < -0.4 is 30.5 Å². The number of fused-ring (bicyclic) bond motifs is 18. The molecule has 4 aliphatic heterocycles. The van der Waals surface area contributed by atoms with Crippen molar-refractivity contribution in [2.75, 3.05) is 9.80 Å². The van der Waals surface area contributed by atoms with Gasteiger partial charge in [-0.3, -0.25) is 0 Å². The highest BCUT2D eigenvalue weighted by Gasteiger charge is 2.55. The fourth-order valence-corrected chi connectivity index (χ4v) is 17.9. The normalized spacial score (nSPS) is 14.8. The predicted octanol–water partition coefficient (Wildman–Crippen LogP) is 12.6. The number of para-hydroxylation sites is 4. The first-order valence-electron chi connectivity index (χ1n) is 22.4. The van der Waals surface area contributed by atoms with Crippen molar-refractivity contribution < 1.29 is 0 Å². The van der Waals surface area contributed by atoms with Crippen LogP contribution in [0.5, 0.6) is 0 Å². The van der Waals surface area contributed by atoms with E-state index in [-0.39, 0.29) is 0 Å². The van der Waals surface area contributed by atoms with Gasteiger partial charge >= 0.3 is 0 Å². The average molecular weight is 829 g/mol. The van der Waals surface area contributed by atoms with Crippen LogP contribution in [-0.2, 0) is 5.41 Å². The molecule has 0 aromatic heterocycles. The summed E-state index contributed by atoms with van der Waals surface area (Å²) in [6.45, 7) is 0. The maximum absolute atomic E-state index is 2.69. The Bertz CT molecular complexity index is 3430. The highest BCUT2D eigenvalue weighted by atomic mass is 28.3. The Morgan fingerprint density at radius 3 is 1.23 bits per heavy atom. The molecule has 4 heterocycles. The summed E-state index contributed by atoms with van der Waals surface area (Å²) < 4.78 is 0. The van der Waals surface area contributed by atoms with E-state index in [1.54, 1.807) is 0 Å². The molecule has 0 N–H and O–H groups in total. The second-order valence-electron chi connectivity index (χ2n) is 17.5. The Morgan fingerprint density at radius 2 is 0.688 bits per heavy atom. The van der Waals surface area contributed by atoms with Crippen molar-refractivity contribution >= 4 is 62.9 Å². The number of rotatable bonds is 3. The van der Waals surface area contributed by atoms with E-state index in [1.807, 2.05) is 0 Å². The van der Waals surface area contributed by atoms with Crippen LogP contribution in [0.4, 0.5) is 34.1 Å². The molecule has 0 bridgehead atoms. The van der Waals surface area contributed by atoms with Gasteiger partial charge in [-0.05, 0) is 131 Å². The SMILES string of the molecule is c1ccc(-c2ccc3c(c2)C2(c4ccccc4N(c4ccccc4)c4ccccc42)c2ccccc2N3c2ccc3c(c2)[Si]2(c4ccccc4-c4ccccc42)c2ccccc2-3)cc1. The first kappa shape index (κ1) is 35.6. The van der Waals surface area contributed by atoms with Crippen LogP contribution in [0.3, 0.4) is 0 Å². The van der Waals surface area contributed by atoms with Crippen molar-refractivity contribution in [3.8, 4) is 33.4 Å². The fraction of sp³-hybridized carbons (Fsp3) is 0.0164. The number of nitrogens with zero attached hydrogens (tertiary/aromatic N) is 2. The molecule has 0 atom stereocenters. The van der Waals surface area contributed by atoms with Crippen LogP contribution in [0.25, 0.3) is 33.4 Å². The van der Waals surface area contributed by atoms with Gasteiger partial charge in [0.05, 0.1) is 28.2 Å². The molecule has 4 aliphatic rings. The highest BCUT2D eigenvalue weighted by molar-refractivity contribution is 7.24. The molecule has 0 radical (unpaired) electrons. The summed E-state index contributed by atoms with van der Waals surface area (Å²) >= 11 is 0. The summed E-state index contributed by atoms with van der Waals surface area (Å²) in [6, 6.07) is 91.6. The Kier molecular flexibility index (Phi) is 7.38. The number of benzene rings is 10. The Labute approximate surface area is 374 Å². The minimum Gasteiger partial charge on any atom is -0.310 e. The molecule has 0 unspecified atom stereocenters. The molecule has 2 nitrogen and oxygen atoms in total. The third kappa shape index (κ3) is 4.48. The second-order valence-corrected chi connectivity index (χ2v) is 21.2. The Hall–Kier alpha value is -7.98. The average Bonchev–Trinajstić information content (AvgIpc) is 3.84. The molecule has 0 fully saturated rings. The van der Waals surface area contributed by atoms with Crippen molar-refractivity contribution in [2.24, 2.45) is 0 Å². The first-order chi connectivity index (χ1) is 31.8. The number of hydrogen-bond acceptors (Lipinski definition) is 2. The molecule has 298 valence electrons. The third-order valence-electron chi connectivity index (χ3n) is 14.6. The van der Waals surface area contributed by atoms with Gasteiger partial charge in [0, 0.05) is 11.4 Å². The largest absolute Gasteiger partial charge is 0.310 e. The fourth-order valence-electron chi connectivity index (χ4n) is 12.3. The summed E-state index contributed by atoms with van der Waals surface area (Å²) in [7, 11) is -2.69. The molecule has 64 heavy (non-hydrogen) atoms. The van der Waals surface area contributed by atoms with Gasteiger partial charge in [-0.15, -0.1) is 0 Å². The second kappa shape index (κ2) is 13.3. The minimum atomic E-state index is -2.69. The van der Waals surface area contributed by atoms with Gasteiger partial charge < -0.3 is 9.80 Å². The summed E-state index contributed by atoms with van der Waals surface area (Å²) in [5.41, 5.74) is 19.4. The van der Waals surface area contributed by atoms with Crippen molar-refractivity contribution in [1.29, 1.82) is 0 Å². The maximum atomic E-state index is 2.59. The molecule has 0 aliphatic carbocycles. The lowest BCUT2D eigenvalue weighted by atomic mass is 9.60. The van der Waals surface area contributed by atoms with Crippen molar-refractivity contribution in [3.05, 3.63) is 265 Å². The lowest BCUT2D eigenvalue weighted by Gasteiger charge is -2.51. The maximum Gasteiger partial charge on any atom is 0.182 e. The summed E-state index contributed by atoms with van der Waals surface area (Å²) in [5.74, 6) is 0. The number of hydrogen-bond donors (Lipinski definition) is 0. The molecule has 0 saturated heterocycles. The molecule has 2 spiro atoms. The van der Waals surface area contributed by atoms with E-state index in [0.717, 1.165) is 5.69 Å². The van der Waals surface area contributed by atoms with Gasteiger partial charge in [-0.1, -0.05) is 188 Å². The zero-order chi connectivity index (χ0) is 42.0. The molecular formula is C61H40N2Si. The van der Waals surface area contributed by atoms with Gasteiger partial charge in [0.15, 0.2) is 8.07 Å². The van der Waals surface area contributed by atoms with E-state index in [4.69, 9.17) is 0 Å². The molecule has 3 heteroatoms. The molecule has 14 rings (SSSR count). The smallest absolute Gasteiger partial charge is 0.182 e. The summed E-state index contributed by atoms with van der Waals surface area (Å²) in [5, 5.41) is 5.94. The van der Waals surface area contributed by atoms with Gasteiger partial charge in [-0.2, -0.15) is 0 Å². The minimum absolute atomic E-state index is 0.641. The van der Waals surface area contributed by atoms with Gasteiger partial charge in [-0.25, -0.2) is 0 Å².